The largest absolute Gasteiger partial charge is 0.416 e. The molecule has 1 heterocycles. The van der Waals surface area contributed by atoms with Crippen molar-refractivity contribution in [2.45, 2.75) is 13.1 Å². The lowest BCUT2D eigenvalue weighted by molar-refractivity contribution is -0.137. The van der Waals surface area contributed by atoms with Gasteiger partial charge in [-0.25, -0.2) is 4.68 Å². The van der Waals surface area contributed by atoms with Gasteiger partial charge in [0.05, 0.1) is 17.8 Å². The maximum atomic E-state index is 13.1. The predicted molar refractivity (Wildman–Crippen MR) is 115 cm³/mol. The van der Waals surface area contributed by atoms with Gasteiger partial charge in [-0.3, -0.25) is 19.2 Å². The van der Waals surface area contributed by atoms with Gasteiger partial charge in [-0.05, 0) is 49.4 Å². The van der Waals surface area contributed by atoms with Crippen molar-refractivity contribution in [2.24, 2.45) is 5.73 Å². The predicted octanol–water partition coefficient (Wildman–Crippen LogP) is 2.03. The van der Waals surface area contributed by atoms with Crippen LogP contribution >= 0.6 is 0 Å². The molecule has 0 radical (unpaired) electrons. The van der Waals surface area contributed by atoms with Crippen LogP contribution in [0, 0.1) is 6.92 Å². The molecule has 0 atom stereocenters. The van der Waals surface area contributed by atoms with Crippen LogP contribution < -0.4 is 21.8 Å². The van der Waals surface area contributed by atoms with E-state index in [-0.39, 0.29) is 29.2 Å². The second-order valence-electron chi connectivity index (χ2n) is 7.14. The van der Waals surface area contributed by atoms with Crippen LogP contribution in [0.2, 0.25) is 0 Å². The Hall–Kier alpha value is -4.48. The van der Waals surface area contributed by atoms with Crippen LogP contribution in [-0.4, -0.2) is 34.0 Å². The summed E-state index contributed by atoms with van der Waals surface area (Å²) in [7, 11) is 0. The number of benzene rings is 2. The normalized spacial score (nSPS) is 11.1. The van der Waals surface area contributed by atoms with E-state index in [0.29, 0.717) is 0 Å². The fraction of sp³-hybridized carbons (Fsp3) is 0.136. The van der Waals surface area contributed by atoms with E-state index in [2.05, 4.69) is 15.7 Å². The first-order chi connectivity index (χ1) is 16.0. The first-order valence-corrected chi connectivity index (χ1v) is 9.72. The molecule has 3 aromatic rings. The number of aromatic nitrogens is 2. The summed E-state index contributed by atoms with van der Waals surface area (Å²) in [6, 6.07) is 10.9. The molecule has 0 aliphatic carbocycles. The summed E-state index contributed by atoms with van der Waals surface area (Å²) in [4.78, 5) is 47.7. The van der Waals surface area contributed by atoms with E-state index < -0.39 is 40.6 Å². The zero-order valence-corrected chi connectivity index (χ0v) is 17.6. The van der Waals surface area contributed by atoms with Crippen molar-refractivity contribution in [3.63, 3.8) is 0 Å². The summed E-state index contributed by atoms with van der Waals surface area (Å²) >= 11 is 0. The van der Waals surface area contributed by atoms with Gasteiger partial charge in [0.15, 0.2) is 5.69 Å². The molecule has 0 saturated heterocycles. The van der Waals surface area contributed by atoms with Gasteiger partial charge in [0.1, 0.15) is 0 Å². The molecular formula is C22H18F3N5O4. The number of nitrogens with two attached hydrogens (primary N) is 1. The summed E-state index contributed by atoms with van der Waals surface area (Å²) in [6.45, 7) is 1.13. The minimum absolute atomic E-state index is 0.0210. The molecule has 12 heteroatoms. The third-order valence-corrected chi connectivity index (χ3v) is 4.57. The lowest BCUT2D eigenvalue weighted by atomic mass is 10.2. The van der Waals surface area contributed by atoms with E-state index in [1.165, 1.54) is 43.3 Å². The van der Waals surface area contributed by atoms with E-state index in [1.54, 1.807) is 0 Å². The second-order valence-corrected chi connectivity index (χ2v) is 7.14. The van der Waals surface area contributed by atoms with Crippen molar-refractivity contribution < 1.29 is 27.6 Å². The van der Waals surface area contributed by atoms with Gasteiger partial charge in [-0.1, -0.05) is 6.07 Å². The molecule has 1 aromatic heterocycles. The van der Waals surface area contributed by atoms with E-state index >= 15 is 0 Å². The Labute approximate surface area is 190 Å². The van der Waals surface area contributed by atoms with Crippen LogP contribution in [0.3, 0.4) is 0 Å². The molecule has 0 bridgehead atoms. The molecule has 3 amide bonds. The third kappa shape index (κ3) is 5.65. The SMILES string of the molecule is Cc1cc(=O)c(C(=O)Nc2ccc(C(=O)NCC(N)=O)cc2)nn1-c1cccc(C(F)(F)F)c1. The van der Waals surface area contributed by atoms with Crippen molar-refractivity contribution in [2.75, 3.05) is 11.9 Å². The number of aryl methyl sites for hydroxylation is 1. The number of amides is 3. The van der Waals surface area contributed by atoms with E-state index in [0.717, 1.165) is 22.9 Å². The molecule has 0 spiro atoms. The number of alkyl halides is 3. The first-order valence-electron chi connectivity index (χ1n) is 9.72. The van der Waals surface area contributed by atoms with Crippen LogP contribution in [0.15, 0.2) is 59.4 Å². The maximum Gasteiger partial charge on any atom is 0.416 e. The zero-order valence-electron chi connectivity index (χ0n) is 17.6. The Morgan fingerprint density at radius 1 is 1.03 bits per heavy atom. The average molecular weight is 473 g/mol. The van der Waals surface area contributed by atoms with Gasteiger partial charge in [-0.15, -0.1) is 0 Å². The third-order valence-electron chi connectivity index (χ3n) is 4.57. The molecule has 0 aliphatic rings. The lowest BCUT2D eigenvalue weighted by Crippen LogP contribution is -2.33. The van der Waals surface area contributed by atoms with Crippen LogP contribution in [0.5, 0.6) is 0 Å². The summed E-state index contributed by atoms with van der Waals surface area (Å²) in [5.41, 5.74) is 3.47. The highest BCUT2D eigenvalue weighted by Gasteiger charge is 2.30. The highest BCUT2D eigenvalue weighted by atomic mass is 19.4. The molecule has 9 nitrogen and oxygen atoms in total. The average Bonchev–Trinajstić information content (AvgIpc) is 2.77. The monoisotopic (exact) mass is 473 g/mol. The van der Waals surface area contributed by atoms with E-state index in [9.17, 15) is 32.3 Å². The molecule has 0 saturated carbocycles. The Balaban J connectivity index is 1.84. The van der Waals surface area contributed by atoms with Crippen molar-refractivity contribution in [1.29, 1.82) is 0 Å². The molecule has 176 valence electrons. The van der Waals surface area contributed by atoms with Gasteiger partial charge in [0.2, 0.25) is 11.3 Å². The quantitative estimate of drug-likeness (QED) is 0.503. The minimum atomic E-state index is -4.58. The number of halogens is 3. The zero-order chi connectivity index (χ0) is 25.0. The number of anilines is 1. The van der Waals surface area contributed by atoms with Gasteiger partial charge in [0, 0.05) is 23.0 Å². The maximum absolute atomic E-state index is 13.1. The Morgan fingerprint density at radius 2 is 1.71 bits per heavy atom. The van der Waals surface area contributed by atoms with Crippen LogP contribution in [-0.2, 0) is 11.0 Å². The van der Waals surface area contributed by atoms with Crippen LogP contribution in [0.1, 0.15) is 32.1 Å². The number of nitrogens with one attached hydrogen (secondary N) is 2. The molecule has 0 unspecified atom stereocenters. The molecule has 2 aromatic carbocycles. The summed E-state index contributed by atoms with van der Waals surface area (Å²) in [5, 5.41) is 8.72. The highest BCUT2D eigenvalue weighted by Crippen LogP contribution is 2.30. The molecule has 34 heavy (non-hydrogen) atoms. The van der Waals surface area contributed by atoms with Gasteiger partial charge >= 0.3 is 6.18 Å². The second kappa shape index (κ2) is 9.57. The van der Waals surface area contributed by atoms with Gasteiger partial charge < -0.3 is 16.4 Å². The summed E-state index contributed by atoms with van der Waals surface area (Å²) in [6.07, 6.45) is -4.58. The fourth-order valence-corrected chi connectivity index (χ4v) is 2.94. The Bertz CT molecular complexity index is 1320. The van der Waals surface area contributed by atoms with E-state index in [4.69, 9.17) is 5.73 Å². The first kappa shape index (κ1) is 24.2. The number of carbonyl (C=O) groups excluding carboxylic acids is 3. The fourth-order valence-electron chi connectivity index (χ4n) is 2.94. The van der Waals surface area contributed by atoms with Crippen molar-refractivity contribution in [1.82, 2.24) is 15.1 Å². The number of hydrogen-bond acceptors (Lipinski definition) is 5. The van der Waals surface area contributed by atoms with Crippen LogP contribution in [0.25, 0.3) is 5.69 Å². The lowest BCUT2D eigenvalue weighted by Gasteiger charge is -2.13. The highest BCUT2D eigenvalue weighted by molar-refractivity contribution is 6.03. The van der Waals surface area contributed by atoms with Gasteiger partial charge in [0.25, 0.3) is 11.8 Å². The number of carbonyl (C=O) groups is 3. The number of hydrogen-bond donors (Lipinski definition) is 3. The molecule has 0 aliphatic heterocycles. The van der Waals surface area contributed by atoms with Crippen molar-refractivity contribution in [3.8, 4) is 5.69 Å². The Kier molecular flexibility index (Phi) is 6.80. The Morgan fingerprint density at radius 3 is 2.32 bits per heavy atom. The smallest absolute Gasteiger partial charge is 0.368 e. The molecule has 3 rings (SSSR count). The topological polar surface area (TPSA) is 136 Å². The number of rotatable bonds is 6. The van der Waals surface area contributed by atoms with Crippen molar-refractivity contribution >= 4 is 23.4 Å². The van der Waals surface area contributed by atoms with E-state index in [1.807, 2.05) is 0 Å². The minimum Gasteiger partial charge on any atom is -0.368 e. The number of primary amides is 1. The van der Waals surface area contributed by atoms with Gasteiger partial charge in [-0.2, -0.15) is 18.3 Å². The summed E-state index contributed by atoms with van der Waals surface area (Å²) in [5.74, 6) is -2.16. The number of nitrogens with zero attached hydrogens (tertiary/aromatic N) is 2. The standard InChI is InChI=1S/C22H18F3N5O4/c1-12-9-17(31)19(29-30(12)16-4-2-3-14(10-16)22(23,24)25)21(34)28-15-7-5-13(6-8-15)20(33)27-11-18(26)32/h2-10H,11H2,1H3,(H2,26,32)(H,27,33)(H,28,34). The molecular weight excluding hydrogens is 455 g/mol. The molecule has 4 N–H and O–H groups in total. The summed E-state index contributed by atoms with van der Waals surface area (Å²) < 4.78 is 40.3. The molecule has 0 fully saturated rings. The van der Waals surface area contributed by atoms with Crippen LogP contribution in [0.4, 0.5) is 18.9 Å². The van der Waals surface area contributed by atoms with Crippen molar-refractivity contribution in [3.05, 3.63) is 87.3 Å².